The van der Waals surface area contributed by atoms with Gasteiger partial charge < -0.3 is 9.47 Å². The molecule has 2 rings (SSSR count). The van der Waals surface area contributed by atoms with Crippen LogP contribution >= 0.6 is 0 Å². The first-order valence-corrected chi connectivity index (χ1v) is 7.97. The molecule has 0 aromatic heterocycles. The van der Waals surface area contributed by atoms with Gasteiger partial charge in [0.15, 0.2) is 0 Å². The van der Waals surface area contributed by atoms with Crippen molar-refractivity contribution in [1.29, 1.82) is 0 Å². The monoisotopic (exact) mass is 299 g/mol. The van der Waals surface area contributed by atoms with Crippen LogP contribution in [0, 0.1) is 0 Å². The number of carbonyl (C=O) groups excluding carboxylic acids is 1. The highest BCUT2D eigenvalue weighted by Gasteiger charge is 2.24. The summed E-state index contributed by atoms with van der Waals surface area (Å²) in [5, 5.41) is 5.14. The van der Waals surface area contributed by atoms with Crippen LogP contribution in [-0.2, 0) is 14.8 Å². The van der Waals surface area contributed by atoms with Crippen molar-refractivity contribution in [3.8, 4) is 5.75 Å². The second-order valence-electron chi connectivity index (χ2n) is 4.60. The lowest BCUT2D eigenvalue weighted by molar-refractivity contribution is 0.00898. The van der Waals surface area contributed by atoms with Crippen molar-refractivity contribution in [2.45, 2.75) is 37.2 Å². The summed E-state index contributed by atoms with van der Waals surface area (Å²) in [6.45, 7) is 2.03. The highest BCUT2D eigenvalue weighted by atomic mass is 32.2. The Morgan fingerprint density at radius 1 is 1.40 bits per heavy atom. The van der Waals surface area contributed by atoms with Crippen molar-refractivity contribution in [1.82, 2.24) is 0 Å². The fourth-order valence-corrected chi connectivity index (χ4v) is 2.54. The second kappa shape index (κ2) is 5.80. The molecule has 1 saturated carbocycles. The van der Waals surface area contributed by atoms with Crippen LogP contribution in [0.4, 0.5) is 0 Å². The van der Waals surface area contributed by atoms with Crippen molar-refractivity contribution in [2.24, 2.45) is 5.14 Å². The predicted molar refractivity (Wildman–Crippen MR) is 72.0 cm³/mol. The standard InChI is InChI=1S/C13H17NO5S/c1-2-18-11-7-6-9(8-12(11)20(14,16)17)13(15)19-10-4-3-5-10/h6-8,10H,2-5H2,1H3,(H2,14,16,17). The molecular formula is C13H17NO5S. The van der Waals surface area contributed by atoms with Gasteiger partial charge >= 0.3 is 5.97 Å². The number of hydrogen-bond acceptors (Lipinski definition) is 5. The lowest BCUT2D eigenvalue weighted by Gasteiger charge is -2.25. The fraction of sp³-hybridized carbons (Fsp3) is 0.462. The first kappa shape index (κ1) is 14.8. The van der Waals surface area contributed by atoms with E-state index in [9.17, 15) is 13.2 Å². The molecule has 20 heavy (non-hydrogen) atoms. The minimum Gasteiger partial charge on any atom is -0.492 e. The van der Waals surface area contributed by atoms with Gasteiger partial charge in [-0.1, -0.05) is 0 Å². The fourth-order valence-electron chi connectivity index (χ4n) is 1.84. The Hall–Kier alpha value is -1.60. The van der Waals surface area contributed by atoms with Gasteiger partial charge in [0.2, 0.25) is 10.0 Å². The number of hydrogen-bond donors (Lipinski definition) is 1. The molecule has 0 bridgehead atoms. The van der Waals surface area contributed by atoms with Crippen LogP contribution in [0.3, 0.4) is 0 Å². The van der Waals surface area contributed by atoms with Crippen molar-refractivity contribution in [3.63, 3.8) is 0 Å². The van der Waals surface area contributed by atoms with Crippen molar-refractivity contribution in [2.75, 3.05) is 6.61 Å². The zero-order valence-corrected chi connectivity index (χ0v) is 12.0. The van der Waals surface area contributed by atoms with Gasteiger partial charge in [0.05, 0.1) is 12.2 Å². The number of rotatable bonds is 5. The molecule has 1 aromatic carbocycles. The minimum absolute atomic E-state index is 0.0630. The van der Waals surface area contributed by atoms with E-state index >= 15 is 0 Å². The number of esters is 1. The van der Waals surface area contributed by atoms with Crippen LogP contribution in [-0.4, -0.2) is 27.1 Å². The molecule has 0 unspecified atom stereocenters. The normalized spacial score (nSPS) is 15.5. The van der Waals surface area contributed by atoms with Crippen molar-refractivity contribution >= 4 is 16.0 Å². The third-order valence-electron chi connectivity index (χ3n) is 3.11. The van der Waals surface area contributed by atoms with E-state index in [1.54, 1.807) is 6.92 Å². The Morgan fingerprint density at radius 2 is 2.10 bits per heavy atom. The maximum atomic E-state index is 11.9. The van der Waals surface area contributed by atoms with E-state index in [4.69, 9.17) is 14.6 Å². The number of ether oxygens (including phenoxy) is 2. The third kappa shape index (κ3) is 3.29. The number of carbonyl (C=O) groups is 1. The van der Waals surface area contributed by atoms with Crippen LogP contribution in [0.15, 0.2) is 23.1 Å². The van der Waals surface area contributed by atoms with Crippen LogP contribution < -0.4 is 9.88 Å². The SMILES string of the molecule is CCOc1ccc(C(=O)OC2CCC2)cc1S(N)(=O)=O. The zero-order chi connectivity index (χ0) is 14.8. The highest BCUT2D eigenvalue weighted by molar-refractivity contribution is 7.89. The molecule has 0 radical (unpaired) electrons. The molecule has 0 atom stereocenters. The van der Waals surface area contributed by atoms with E-state index in [1.807, 2.05) is 0 Å². The smallest absolute Gasteiger partial charge is 0.338 e. The Labute approximate surface area is 117 Å². The molecule has 1 aromatic rings. The summed E-state index contributed by atoms with van der Waals surface area (Å²) < 4.78 is 33.5. The number of sulfonamides is 1. The summed E-state index contributed by atoms with van der Waals surface area (Å²) >= 11 is 0. The lowest BCUT2D eigenvalue weighted by atomic mass is 9.96. The zero-order valence-electron chi connectivity index (χ0n) is 11.2. The third-order valence-corrected chi connectivity index (χ3v) is 4.04. The molecular weight excluding hydrogens is 282 g/mol. The topological polar surface area (TPSA) is 95.7 Å². The van der Waals surface area contributed by atoms with E-state index < -0.39 is 16.0 Å². The van der Waals surface area contributed by atoms with Gasteiger partial charge in [-0.15, -0.1) is 0 Å². The van der Waals surface area contributed by atoms with Crippen molar-refractivity contribution < 1.29 is 22.7 Å². The largest absolute Gasteiger partial charge is 0.492 e. The molecule has 1 aliphatic rings. The molecule has 0 amide bonds. The predicted octanol–water partition coefficient (Wildman–Crippen LogP) is 1.44. The van der Waals surface area contributed by atoms with Gasteiger partial charge in [0.1, 0.15) is 16.7 Å². The van der Waals surface area contributed by atoms with Gasteiger partial charge in [-0.25, -0.2) is 18.4 Å². The summed E-state index contributed by atoms with van der Waals surface area (Å²) in [4.78, 5) is 11.7. The van der Waals surface area contributed by atoms with Crippen LogP contribution in [0.1, 0.15) is 36.5 Å². The molecule has 110 valence electrons. The van der Waals surface area contributed by atoms with Gasteiger partial charge in [-0.05, 0) is 44.4 Å². The summed E-state index contributed by atoms with van der Waals surface area (Å²) in [5.74, 6) is -0.405. The maximum absolute atomic E-state index is 11.9. The van der Waals surface area contributed by atoms with E-state index in [2.05, 4.69) is 0 Å². The molecule has 0 heterocycles. The van der Waals surface area contributed by atoms with Gasteiger partial charge in [0, 0.05) is 0 Å². The first-order chi connectivity index (χ1) is 9.41. The number of nitrogens with two attached hydrogens (primary N) is 1. The molecule has 1 aliphatic carbocycles. The maximum Gasteiger partial charge on any atom is 0.338 e. The Balaban J connectivity index is 2.28. The minimum atomic E-state index is -3.96. The van der Waals surface area contributed by atoms with Gasteiger partial charge in [-0.3, -0.25) is 0 Å². The van der Waals surface area contributed by atoms with E-state index in [-0.39, 0.29) is 22.3 Å². The Morgan fingerprint density at radius 3 is 2.60 bits per heavy atom. The summed E-state index contributed by atoms with van der Waals surface area (Å²) in [6.07, 6.45) is 2.69. The quantitative estimate of drug-likeness (QED) is 0.830. The number of primary sulfonamides is 1. The second-order valence-corrected chi connectivity index (χ2v) is 6.13. The van der Waals surface area contributed by atoms with Crippen LogP contribution in [0.25, 0.3) is 0 Å². The molecule has 0 aliphatic heterocycles. The van der Waals surface area contributed by atoms with Gasteiger partial charge in [0.25, 0.3) is 0 Å². The molecule has 7 heteroatoms. The number of benzene rings is 1. The molecule has 2 N–H and O–H groups in total. The van der Waals surface area contributed by atoms with Crippen LogP contribution in [0.2, 0.25) is 0 Å². The van der Waals surface area contributed by atoms with Crippen LogP contribution in [0.5, 0.6) is 5.75 Å². The molecule has 6 nitrogen and oxygen atoms in total. The van der Waals surface area contributed by atoms with E-state index in [0.29, 0.717) is 6.61 Å². The average molecular weight is 299 g/mol. The summed E-state index contributed by atoms with van der Waals surface area (Å²) in [6, 6.07) is 4.09. The van der Waals surface area contributed by atoms with Crippen molar-refractivity contribution in [3.05, 3.63) is 23.8 Å². The molecule has 0 saturated heterocycles. The molecule has 1 fully saturated rings. The van der Waals surface area contributed by atoms with E-state index in [1.165, 1.54) is 18.2 Å². The Kier molecular flexibility index (Phi) is 4.29. The lowest BCUT2D eigenvalue weighted by Crippen LogP contribution is -2.25. The molecule has 0 spiro atoms. The summed E-state index contributed by atoms with van der Waals surface area (Å²) in [5.41, 5.74) is 0.157. The average Bonchev–Trinajstić information content (AvgIpc) is 2.33. The van der Waals surface area contributed by atoms with E-state index in [0.717, 1.165) is 19.3 Å². The highest BCUT2D eigenvalue weighted by Crippen LogP contribution is 2.27. The first-order valence-electron chi connectivity index (χ1n) is 6.42. The summed E-state index contributed by atoms with van der Waals surface area (Å²) in [7, 11) is -3.96. The Bertz CT molecular complexity index is 607. The van der Waals surface area contributed by atoms with Gasteiger partial charge in [-0.2, -0.15) is 0 Å².